The summed E-state index contributed by atoms with van der Waals surface area (Å²) in [6.45, 7) is 1.41. The molecule has 0 amide bonds. The molecule has 0 spiro atoms. The van der Waals surface area contributed by atoms with Gasteiger partial charge in [-0.05, 0) is 11.1 Å². The van der Waals surface area contributed by atoms with Crippen molar-refractivity contribution in [3.8, 4) is 0 Å². The van der Waals surface area contributed by atoms with Crippen molar-refractivity contribution in [3.63, 3.8) is 0 Å². The highest BCUT2D eigenvalue weighted by Gasteiger charge is 2.23. The van der Waals surface area contributed by atoms with E-state index in [-0.39, 0.29) is 11.6 Å². The molecule has 1 aliphatic rings. The Morgan fingerprint density at radius 3 is 2.77 bits per heavy atom. The summed E-state index contributed by atoms with van der Waals surface area (Å²) in [7, 11) is 0. The zero-order valence-electron chi connectivity index (χ0n) is 14.2. The number of hydrazine groups is 1. The maximum atomic E-state index is 11.6. The summed E-state index contributed by atoms with van der Waals surface area (Å²) in [5.41, 5.74) is 9.58. The summed E-state index contributed by atoms with van der Waals surface area (Å²) >= 11 is 6.07. The zero-order chi connectivity index (χ0) is 18.7. The fraction of sp³-hybridized carbons (Fsp3) is 0.294. The van der Waals surface area contributed by atoms with E-state index in [0.717, 1.165) is 16.8 Å². The minimum atomic E-state index is -0.432. The van der Waals surface area contributed by atoms with Crippen LogP contribution in [0.4, 0.5) is 5.69 Å². The first-order chi connectivity index (χ1) is 12.5. The van der Waals surface area contributed by atoms with Crippen LogP contribution in [0, 0.1) is 0 Å². The number of nitrogens with one attached hydrogen (secondary N) is 1. The molecule has 2 aromatic rings. The van der Waals surface area contributed by atoms with Crippen LogP contribution in [0.2, 0.25) is 5.02 Å². The van der Waals surface area contributed by atoms with Crippen LogP contribution in [0.15, 0.2) is 46.7 Å². The summed E-state index contributed by atoms with van der Waals surface area (Å²) in [4.78, 5) is 13.5. The van der Waals surface area contributed by atoms with Gasteiger partial charge in [0.15, 0.2) is 0 Å². The van der Waals surface area contributed by atoms with Gasteiger partial charge in [0, 0.05) is 18.7 Å². The van der Waals surface area contributed by atoms with E-state index < -0.39 is 5.56 Å². The van der Waals surface area contributed by atoms with Gasteiger partial charge in [0.2, 0.25) is 0 Å². The van der Waals surface area contributed by atoms with Gasteiger partial charge in [-0.25, -0.2) is 10.9 Å². The number of benzene rings is 1. The van der Waals surface area contributed by atoms with Gasteiger partial charge in [-0.3, -0.25) is 4.79 Å². The van der Waals surface area contributed by atoms with E-state index in [1.165, 1.54) is 6.20 Å². The first-order valence-electron chi connectivity index (χ1n) is 8.16. The molecule has 0 saturated carbocycles. The molecule has 0 unspecified atom stereocenters. The van der Waals surface area contributed by atoms with Gasteiger partial charge in [-0.2, -0.15) is 5.10 Å². The van der Waals surface area contributed by atoms with Crippen molar-refractivity contribution in [2.45, 2.75) is 19.6 Å². The highest BCUT2D eigenvalue weighted by Crippen LogP contribution is 2.26. The molecular formula is C17H21ClN6O2. The quantitative estimate of drug-likeness (QED) is 0.446. The molecule has 6 N–H and O–H groups in total. The molecule has 3 rings (SSSR count). The van der Waals surface area contributed by atoms with E-state index in [9.17, 15) is 9.90 Å². The Morgan fingerprint density at radius 1 is 1.35 bits per heavy atom. The second-order valence-corrected chi connectivity index (χ2v) is 6.47. The van der Waals surface area contributed by atoms with Crippen LogP contribution in [0.3, 0.4) is 0 Å². The number of aliphatic hydroxyl groups excluding tert-OH is 1. The highest BCUT2D eigenvalue weighted by atomic mass is 35.5. The molecule has 0 atom stereocenters. The number of rotatable bonds is 5. The predicted octanol–water partition coefficient (Wildman–Crippen LogP) is 0.672. The lowest BCUT2D eigenvalue weighted by Crippen LogP contribution is -2.42. The van der Waals surface area contributed by atoms with Crippen molar-refractivity contribution in [1.82, 2.24) is 15.2 Å². The van der Waals surface area contributed by atoms with Crippen LogP contribution in [-0.4, -0.2) is 33.4 Å². The van der Waals surface area contributed by atoms with E-state index in [2.05, 4.69) is 10.2 Å². The largest absolute Gasteiger partial charge is 0.399 e. The first-order valence-corrected chi connectivity index (χ1v) is 8.54. The Balaban J connectivity index is 1.77. The fourth-order valence-electron chi connectivity index (χ4n) is 3.05. The third-order valence-electron chi connectivity index (χ3n) is 4.44. The number of aliphatic hydroxyl groups is 1. The van der Waals surface area contributed by atoms with Gasteiger partial charge in [0.05, 0.1) is 37.3 Å². The molecule has 0 aliphatic carbocycles. The number of hydrogen-bond donors (Lipinski definition) is 4. The molecular weight excluding hydrogens is 356 g/mol. The first kappa shape index (κ1) is 18.2. The Labute approximate surface area is 155 Å². The zero-order valence-corrected chi connectivity index (χ0v) is 14.9. The average molecular weight is 377 g/mol. The Morgan fingerprint density at radius 2 is 2.08 bits per heavy atom. The second-order valence-electron chi connectivity index (χ2n) is 6.10. The minimum Gasteiger partial charge on any atom is -0.399 e. The van der Waals surface area contributed by atoms with Crippen molar-refractivity contribution in [2.75, 3.05) is 18.0 Å². The van der Waals surface area contributed by atoms with Gasteiger partial charge in [-0.15, -0.1) is 0 Å². The number of anilines is 1. The lowest BCUT2D eigenvalue weighted by Gasteiger charge is -2.34. The molecule has 0 radical (unpaired) electrons. The van der Waals surface area contributed by atoms with E-state index in [4.69, 9.17) is 23.2 Å². The molecule has 138 valence electrons. The lowest BCUT2D eigenvalue weighted by atomic mass is 10.1. The molecule has 1 aromatic carbocycles. The average Bonchev–Trinajstić information content (AvgIpc) is 2.64. The van der Waals surface area contributed by atoms with E-state index in [0.29, 0.717) is 37.4 Å². The number of hydrogen-bond acceptors (Lipinski definition) is 7. The number of nitrogens with zero attached hydrogens (tertiary/aromatic N) is 3. The summed E-state index contributed by atoms with van der Waals surface area (Å²) in [6.07, 6.45) is 2.12. The normalized spacial score (nSPS) is 14.7. The van der Waals surface area contributed by atoms with Gasteiger partial charge in [-0.1, -0.05) is 35.9 Å². The summed E-state index contributed by atoms with van der Waals surface area (Å²) in [5, 5.41) is 17.3. The van der Waals surface area contributed by atoms with Crippen molar-refractivity contribution >= 4 is 17.3 Å². The van der Waals surface area contributed by atoms with Gasteiger partial charge >= 0.3 is 0 Å². The maximum absolute atomic E-state index is 11.6. The third-order valence-corrected chi connectivity index (χ3v) is 4.81. The Hall–Kier alpha value is -2.55. The van der Waals surface area contributed by atoms with Crippen molar-refractivity contribution in [2.24, 2.45) is 11.6 Å². The molecule has 2 heterocycles. The van der Waals surface area contributed by atoms with E-state index in [1.807, 2.05) is 29.2 Å². The van der Waals surface area contributed by atoms with Crippen molar-refractivity contribution < 1.29 is 5.11 Å². The molecule has 26 heavy (non-hydrogen) atoms. The van der Waals surface area contributed by atoms with Gasteiger partial charge in [0.25, 0.3) is 5.56 Å². The predicted molar refractivity (Wildman–Crippen MR) is 100 cm³/mol. The van der Waals surface area contributed by atoms with E-state index >= 15 is 0 Å². The summed E-state index contributed by atoms with van der Waals surface area (Å²) in [5.74, 6) is 6.23. The number of halogens is 1. The standard InChI is InChI=1S/C17H21ClN6O2/c18-16-15(7-21-22-17(16)26)23-6-5-14(13(19)9-23)24(20)8-11-3-1-2-4-12(11)10-25/h1-4,7,25H,5-6,8-10,19-20H2,(H,22,26). The maximum Gasteiger partial charge on any atom is 0.285 e. The lowest BCUT2D eigenvalue weighted by molar-refractivity contribution is 0.275. The Bertz CT molecular complexity index is 882. The van der Waals surface area contributed by atoms with Gasteiger partial charge in [0.1, 0.15) is 5.02 Å². The van der Waals surface area contributed by atoms with Crippen LogP contribution >= 0.6 is 11.6 Å². The molecule has 0 bridgehead atoms. The van der Waals surface area contributed by atoms with E-state index in [1.54, 1.807) is 5.01 Å². The van der Waals surface area contributed by atoms with Crippen LogP contribution < -0.4 is 22.0 Å². The Kier molecular flexibility index (Phi) is 5.46. The molecule has 0 saturated heterocycles. The molecule has 1 aromatic heterocycles. The molecule has 8 nitrogen and oxygen atoms in total. The highest BCUT2D eigenvalue weighted by molar-refractivity contribution is 6.33. The fourth-order valence-corrected chi connectivity index (χ4v) is 3.26. The SMILES string of the molecule is NC1=C(N(N)Cc2ccccc2CO)CCN(c2cn[nH]c(=O)c2Cl)C1. The smallest absolute Gasteiger partial charge is 0.285 e. The second kappa shape index (κ2) is 7.77. The van der Waals surface area contributed by atoms with Crippen LogP contribution in [0.5, 0.6) is 0 Å². The van der Waals surface area contributed by atoms with Crippen molar-refractivity contribution in [1.29, 1.82) is 0 Å². The molecule has 9 heteroatoms. The van der Waals surface area contributed by atoms with Gasteiger partial charge < -0.3 is 20.7 Å². The van der Waals surface area contributed by atoms with Crippen LogP contribution in [0.1, 0.15) is 17.5 Å². The molecule has 0 fully saturated rings. The number of aromatic nitrogens is 2. The number of aromatic amines is 1. The van der Waals surface area contributed by atoms with Crippen molar-refractivity contribution in [3.05, 3.63) is 68.4 Å². The molecule has 1 aliphatic heterocycles. The summed E-state index contributed by atoms with van der Waals surface area (Å²) < 4.78 is 0. The van der Waals surface area contributed by atoms with Crippen LogP contribution in [-0.2, 0) is 13.2 Å². The third kappa shape index (κ3) is 3.67. The number of nitrogens with two attached hydrogens (primary N) is 2. The minimum absolute atomic E-state index is 0.0413. The number of H-pyrrole nitrogens is 1. The van der Waals surface area contributed by atoms with Crippen LogP contribution in [0.25, 0.3) is 0 Å². The summed E-state index contributed by atoms with van der Waals surface area (Å²) in [6, 6.07) is 7.58. The monoisotopic (exact) mass is 376 g/mol. The topological polar surface area (TPSA) is 124 Å².